The summed E-state index contributed by atoms with van der Waals surface area (Å²) in [6, 6.07) is 0. The second kappa shape index (κ2) is 7.99. The van der Waals surface area contributed by atoms with Crippen LogP contribution in [0.15, 0.2) is 23.8 Å². The monoisotopic (exact) mass is 428 g/mol. The molecule has 4 aliphatic rings. The lowest BCUT2D eigenvalue weighted by Crippen LogP contribution is -2.57. The lowest BCUT2D eigenvalue weighted by atomic mass is 9.46. The van der Waals surface area contributed by atoms with E-state index in [0.29, 0.717) is 17.8 Å². The summed E-state index contributed by atoms with van der Waals surface area (Å²) in [5, 5.41) is 0. The van der Waals surface area contributed by atoms with Crippen molar-refractivity contribution in [3.8, 4) is 0 Å². The molecule has 4 aliphatic carbocycles. The summed E-state index contributed by atoms with van der Waals surface area (Å²) in [6.45, 7) is 8.33. The van der Waals surface area contributed by atoms with E-state index in [-0.39, 0.29) is 59.3 Å². The Morgan fingerprint density at radius 1 is 1.26 bits per heavy atom. The van der Waals surface area contributed by atoms with Gasteiger partial charge < -0.3 is 9.47 Å². The van der Waals surface area contributed by atoms with Crippen LogP contribution in [0.5, 0.6) is 0 Å². The number of fused-ring (bicyclic) bond motifs is 5. The van der Waals surface area contributed by atoms with Gasteiger partial charge in [0.05, 0.1) is 6.10 Å². The zero-order valence-corrected chi connectivity index (χ0v) is 19.5. The van der Waals surface area contributed by atoms with Gasteiger partial charge in [-0.05, 0) is 61.0 Å². The summed E-state index contributed by atoms with van der Waals surface area (Å²) in [5.74, 6) is 1.14. The molecule has 4 unspecified atom stereocenters. The first-order chi connectivity index (χ1) is 14.7. The third-order valence-electron chi connectivity index (χ3n) is 9.13. The molecule has 0 aliphatic heterocycles. The van der Waals surface area contributed by atoms with Gasteiger partial charge in [-0.15, -0.1) is 0 Å². The number of ether oxygens (including phenoxy) is 2. The molecular weight excluding hydrogens is 392 g/mol. The van der Waals surface area contributed by atoms with Crippen molar-refractivity contribution < 1.29 is 23.9 Å². The molecule has 5 nitrogen and oxygen atoms in total. The minimum atomic E-state index is -0.322. The Kier molecular flexibility index (Phi) is 5.78. The fourth-order valence-corrected chi connectivity index (χ4v) is 7.91. The Bertz CT molecular complexity index is 841. The molecule has 0 N–H and O–H groups in total. The molecule has 31 heavy (non-hydrogen) atoms. The van der Waals surface area contributed by atoms with Crippen molar-refractivity contribution in [2.75, 3.05) is 13.7 Å². The average molecular weight is 429 g/mol. The zero-order chi connectivity index (χ0) is 22.6. The highest BCUT2D eigenvalue weighted by atomic mass is 16.5. The van der Waals surface area contributed by atoms with Crippen LogP contribution in [-0.2, 0) is 23.9 Å². The Morgan fingerprint density at radius 3 is 2.68 bits per heavy atom. The van der Waals surface area contributed by atoms with Crippen molar-refractivity contribution in [3.63, 3.8) is 0 Å². The summed E-state index contributed by atoms with van der Waals surface area (Å²) in [5.41, 5.74) is 0.904. The summed E-state index contributed by atoms with van der Waals surface area (Å²) in [4.78, 5) is 36.9. The normalized spacial score (nSPS) is 43.5. The Labute approximate surface area is 185 Å². The maximum Gasteiger partial charge on any atom is 0.305 e. The van der Waals surface area contributed by atoms with Crippen LogP contribution in [0.1, 0.15) is 59.8 Å². The molecule has 3 saturated carbocycles. The predicted molar refractivity (Wildman–Crippen MR) is 117 cm³/mol. The average Bonchev–Trinajstić information content (AvgIpc) is 3.01. The van der Waals surface area contributed by atoms with E-state index in [2.05, 4.69) is 26.8 Å². The topological polar surface area (TPSA) is 69.7 Å². The van der Waals surface area contributed by atoms with Crippen LogP contribution >= 0.6 is 0 Å². The van der Waals surface area contributed by atoms with E-state index in [1.54, 1.807) is 20.1 Å². The molecule has 0 radical (unpaired) electrons. The first kappa shape index (κ1) is 22.4. The molecule has 0 spiro atoms. The van der Waals surface area contributed by atoms with E-state index >= 15 is 0 Å². The highest BCUT2D eigenvalue weighted by molar-refractivity contribution is 6.01. The molecule has 0 aromatic rings. The van der Waals surface area contributed by atoms with E-state index in [0.717, 1.165) is 25.7 Å². The Hall–Kier alpha value is -1.75. The molecule has 5 heteroatoms. The van der Waals surface area contributed by atoms with Crippen molar-refractivity contribution >= 4 is 17.5 Å². The van der Waals surface area contributed by atoms with E-state index in [4.69, 9.17) is 9.47 Å². The first-order valence-electron chi connectivity index (χ1n) is 11.8. The van der Waals surface area contributed by atoms with Gasteiger partial charge >= 0.3 is 5.97 Å². The molecule has 4 rings (SSSR count). The number of carbonyl (C=O) groups excluding carboxylic acids is 3. The number of hydrogen-bond donors (Lipinski definition) is 0. The minimum absolute atomic E-state index is 0.0246. The van der Waals surface area contributed by atoms with E-state index < -0.39 is 0 Å². The molecule has 0 aromatic carbocycles. The maximum absolute atomic E-state index is 13.2. The van der Waals surface area contributed by atoms with Crippen molar-refractivity contribution in [1.82, 2.24) is 0 Å². The largest absolute Gasteiger partial charge is 0.458 e. The molecule has 8 atom stereocenters. The van der Waals surface area contributed by atoms with Crippen LogP contribution in [0.2, 0.25) is 0 Å². The number of allylic oxidation sites excluding steroid dienone is 4. The Morgan fingerprint density at radius 2 is 2.00 bits per heavy atom. The summed E-state index contributed by atoms with van der Waals surface area (Å²) in [6.07, 6.45) is 9.78. The van der Waals surface area contributed by atoms with Gasteiger partial charge in [-0.25, -0.2) is 0 Å². The standard InChI is InChI=1S/C26H36O5/c1-6-22(29)31-14-20(28)23-15(2)11-19-18-8-7-16-12-17(27)9-10-25(16,3)24(18)21(30-5)13-26(19,23)4/h9-10,12,15,18-19,21,23-24H,6-8,11,13-14H2,1-5H3/t15-,18-,19?,21?,23?,24?,25-,26-/m0/s1. The number of esters is 1. The smallest absolute Gasteiger partial charge is 0.305 e. The highest BCUT2D eigenvalue weighted by Gasteiger charge is 2.64. The van der Waals surface area contributed by atoms with Gasteiger partial charge in [0, 0.05) is 30.8 Å². The van der Waals surface area contributed by atoms with Gasteiger partial charge in [0.1, 0.15) is 6.61 Å². The second-order valence-corrected chi connectivity index (χ2v) is 10.7. The predicted octanol–water partition coefficient (Wildman–Crippen LogP) is 4.30. The third kappa shape index (κ3) is 3.44. The lowest BCUT2D eigenvalue weighted by molar-refractivity contribution is -0.155. The lowest BCUT2D eigenvalue weighted by Gasteiger charge is -2.59. The Balaban J connectivity index is 1.65. The first-order valence-corrected chi connectivity index (χ1v) is 11.8. The van der Waals surface area contributed by atoms with Crippen LogP contribution < -0.4 is 0 Å². The van der Waals surface area contributed by atoms with Gasteiger partial charge in [0.15, 0.2) is 11.6 Å². The number of hydrogen-bond acceptors (Lipinski definition) is 5. The maximum atomic E-state index is 13.2. The number of methoxy groups -OCH3 is 1. The quantitative estimate of drug-likeness (QED) is 0.611. The fraction of sp³-hybridized carbons (Fsp3) is 0.731. The summed E-state index contributed by atoms with van der Waals surface area (Å²) in [7, 11) is 1.78. The molecule has 0 saturated heterocycles. The molecule has 0 heterocycles. The number of Topliss-reactive ketones (excluding diaryl/α,β-unsaturated/α-hetero) is 1. The van der Waals surface area contributed by atoms with Crippen LogP contribution in [0.25, 0.3) is 0 Å². The molecular formula is C26H36O5. The van der Waals surface area contributed by atoms with E-state index in [1.807, 2.05) is 6.08 Å². The number of carbonyl (C=O) groups is 3. The molecule has 170 valence electrons. The second-order valence-electron chi connectivity index (χ2n) is 10.7. The van der Waals surface area contributed by atoms with Crippen molar-refractivity contribution in [2.45, 2.75) is 65.9 Å². The van der Waals surface area contributed by atoms with Crippen molar-refractivity contribution in [3.05, 3.63) is 23.8 Å². The molecule has 0 bridgehead atoms. The van der Waals surface area contributed by atoms with Gasteiger partial charge in [-0.3, -0.25) is 14.4 Å². The minimum Gasteiger partial charge on any atom is -0.458 e. The van der Waals surface area contributed by atoms with Gasteiger partial charge in [0.2, 0.25) is 0 Å². The molecule has 3 fully saturated rings. The van der Waals surface area contributed by atoms with Crippen LogP contribution in [0, 0.1) is 40.4 Å². The van der Waals surface area contributed by atoms with Crippen LogP contribution in [0.4, 0.5) is 0 Å². The van der Waals surface area contributed by atoms with Crippen molar-refractivity contribution in [2.24, 2.45) is 40.4 Å². The van der Waals surface area contributed by atoms with Crippen molar-refractivity contribution in [1.29, 1.82) is 0 Å². The zero-order valence-electron chi connectivity index (χ0n) is 19.5. The van der Waals surface area contributed by atoms with Gasteiger partial charge in [0.25, 0.3) is 0 Å². The van der Waals surface area contributed by atoms with E-state index in [9.17, 15) is 14.4 Å². The van der Waals surface area contributed by atoms with Gasteiger partial charge in [-0.1, -0.05) is 39.3 Å². The fourth-order valence-electron chi connectivity index (χ4n) is 7.91. The number of rotatable bonds is 5. The number of ketones is 2. The van der Waals surface area contributed by atoms with E-state index in [1.165, 1.54) is 5.57 Å². The van der Waals surface area contributed by atoms with Crippen LogP contribution in [-0.4, -0.2) is 37.4 Å². The van der Waals surface area contributed by atoms with Crippen LogP contribution in [0.3, 0.4) is 0 Å². The third-order valence-corrected chi connectivity index (χ3v) is 9.13. The molecule has 0 aromatic heterocycles. The molecule has 0 amide bonds. The summed E-state index contributed by atoms with van der Waals surface area (Å²) < 4.78 is 11.3. The SMILES string of the molecule is CCC(=O)OCC(=O)C1[C@@H](C)CC2[C@@H]3CCC4=CC(=O)C=C[C@]4(C)C3C(OC)C[C@@]21C. The summed E-state index contributed by atoms with van der Waals surface area (Å²) >= 11 is 0. The van der Waals surface area contributed by atoms with Gasteiger partial charge in [-0.2, -0.15) is 0 Å². The highest BCUT2D eigenvalue weighted by Crippen LogP contribution is 2.67.